The van der Waals surface area contributed by atoms with Gasteiger partial charge in [-0.25, -0.2) is 0 Å². The summed E-state index contributed by atoms with van der Waals surface area (Å²) in [7, 11) is 0. The molecule has 1 saturated carbocycles. The summed E-state index contributed by atoms with van der Waals surface area (Å²) in [5.74, 6) is -0.286. The predicted molar refractivity (Wildman–Crippen MR) is 128 cm³/mol. The number of aliphatic hydroxyl groups is 1. The van der Waals surface area contributed by atoms with E-state index in [4.69, 9.17) is 0 Å². The third-order valence-corrected chi connectivity index (χ3v) is 7.25. The first-order valence-electron chi connectivity index (χ1n) is 11.8. The molecule has 2 aliphatic heterocycles. The Kier molecular flexibility index (Phi) is 5.59. The van der Waals surface area contributed by atoms with E-state index >= 15 is 0 Å². The maximum atomic E-state index is 13.3. The fraction of sp³-hybridized carbons (Fsp3) is 0.407. The van der Waals surface area contributed by atoms with Gasteiger partial charge in [0.1, 0.15) is 5.60 Å². The first-order valence-corrected chi connectivity index (χ1v) is 11.8. The van der Waals surface area contributed by atoms with Gasteiger partial charge >= 0.3 is 0 Å². The van der Waals surface area contributed by atoms with Gasteiger partial charge in [0.15, 0.2) is 0 Å². The standard InChI is InChI=1S/C27H31N3O3/c1-3-24-17-29(18(2)16-30(24)26(32)27(33)11-12-27)25(31)20-6-4-19(5-7-20)21-8-9-23-15-28-13-10-22(23)14-21/h3-9,14,18,24,28,33H,1,10-13,15-17H2,2H3/t18-,24+/m1/s1. The van der Waals surface area contributed by atoms with Crippen LogP contribution >= 0.6 is 0 Å². The fourth-order valence-electron chi connectivity index (χ4n) is 4.94. The zero-order chi connectivity index (χ0) is 23.2. The molecule has 3 aliphatic rings. The van der Waals surface area contributed by atoms with Crippen LogP contribution < -0.4 is 5.32 Å². The summed E-state index contributed by atoms with van der Waals surface area (Å²) in [5, 5.41) is 13.7. The van der Waals surface area contributed by atoms with Crippen LogP contribution in [0.5, 0.6) is 0 Å². The third-order valence-electron chi connectivity index (χ3n) is 7.25. The lowest BCUT2D eigenvalue weighted by atomic mass is 9.95. The van der Waals surface area contributed by atoms with Crippen LogP contribution in [-0.2, 0) is 17.8 Å². The maximum Gasteiger partial charge on any atom is 0.255 e. The summed E-state index contributed by atoms with van der Waals surface area (Å²) in [6.45, 7) is 8.52. The van der Waals surface area contributed by atoms with Crippen molar-refractivity contribution in [3.63, 3.8) is 0 Å². The van der Waals surface area contributed by atoms with Gasteiger partial charge in [0.05, 0.1) is 6.04 Å². The Morgan fingerprint density at radius 1 is 1.06 bits per heavy atom. The van der Waals surface area contributed by atoms with E-state index in [-0.39, 0.29) is 23.9 Å². The Morgan fingerprint density at radius 2 is 1.79 bits per heavy atom. The van der Waals surface area contributed by atoms with Crippen LogP contribution in [0.15, 0.2) is 55.1 Å². The van der Waals surface area contributed by atoms with Crippen molar-refractivity contribution in [3.05, 3.63) is 71.8 Å². The maximum absolute atomic E-state index is 13.3. The minimum atomic E-state index is -1.21. The fourth-order valence-corrected chi connectivity index (χ4v) is 4.94. The number of carbonyl (C=O) groups excluding carboxylic acids is 2. The van der Waals surface area contributed by atoms with Gasteiger partial charge in [-0.3, -0.25) is 9.59 Å². The second kappa shape index (κ2) is 8.43. The summed E-state index contributed by atoms with van der Waals surface area (Å²) in [4.78, 5) is 29.6. The van der Waals surface area contributed by atoms with E-state index in [2.05, 4.69) is 30.1 Å². The van der Waals surface area contributed by atoms with E-state index in [0.717, 1.165) is 25.1 Å². The lowest BCUT2D eigenvalue weighted by molar-refractivity contribution is -0.147. The molecule has 0 bridgehead atoms. The van der Waals surface area contributed by atoms with Crippen LogP contribution in [0.1, 0.15) is 41.3 Å². The van der Waals surface area contributed by atoms with E-state index in [1.807, 2.05) is 36.1 Å². The number of fused-ring (bicyclic) bond motifs is 1. The first-order chi connectivity index (χ1) is 15.9. The van der Waals surface area contributed by atoms with Gasteiger partial charge in [-0.15, -0.1) is 6.58 Å². The minimum Gasteiger partial charge on any atom is -0.380 e. The second-order valence-electron chi connectivity index (χ2n) is 9.59. The molecule has 2 atom stereocenters. The average Bonchev–Trinajstić information content (AvgIpc) is 3.61. The Bertz CT molecular complexity index is 1090. The van der Waals surface area contributed by atoms with Crippen LogP contribution in [0.3, 0.4) is 0 Å². The highest BCUT2D eigenvalue weighted by molar-refractivity contribution is 5.95. The van der Waals surface area contributed by atoms with Crippen molar-refractivity contribution in [2.45, 2.75) is 50.4 Å². The highest BCUT2D eigenvalue weighted by atomic mass is 16.3. The number of benzene rings is 2. The molecule has 2 heterocycles. The molecule has 0 unspecified atom stereocenters. The topological polar surface area (TPSA) is 72.9 Å². The zero-order valence-corrected chi connectivity index (χ0v) is 19.1. The second-order valence-corrected chi connectivity index (χ2v) is 9.59. The molecule has 2 aromatic rings. The van der Waals surface area contributed by atoms with E-state index in [0.29, 0.717) is 31.5 Å². The van der Waals surface area contributed by atoms with E-state index in [1.165, 1.54) is 16.7 Å². The van der Waals surface area contributed by atoms with E-state index in [1.54, 1.807) is 11.0 Å². The predicted octanol–water partition coefficient (Wildman–Crippen LogP) is 2.75. The molecule has 2 fully saturated rings. The molecule has 1 saturated heterocycles. The van der Waals surface area contributed by atoms with Crippen molar-refractivity contribution >= 4 is 11.8 Å². The van der Waals surface area contributed by atoms with Crippen LogP contribution in [-0.4, -0.2) is 64.0 Å². The van der Waals surface area contributed by atoms with Gasteiger partial charge in [-0.1, -0.05) is 36.4 Å². The molecule has 6 nitrogen and oxygen atoms in total. The third kappa shape index (κ3) is 4.09. The van der Waals surface area contributed by atoms with Crippen LogP contribution in [0.25, 0.3) is 11.1 Å². The van der Waals surface area contributed by atoms with Crippen molar-refractivity contribution < 1.29 is 14.7 Å². The lowest BCUT2D eigenvalue weighted by Gasteiger charge is -2.45. The van der Waals surface area contributed by atoms with Gasteiger partial charge < -0.3 is 20.2 Å². The smallest absolute Gasteiger partial charge is 0.255 e. The number of amides is 2. The number of nitrogens with zero attached hydrogens (tertiary/aromatic N) is 2. The van der Waals surface area contributed by atoms with Gasteiger partial charge in [0.2, 0.25) is 0 Å². The number of nitrogens with one attached hydrogen (secondary N) is 1. The Hall–Kier alpha value is -2.96. The highest BCUT2D eigenvalue weighted by Gasteiger charge is 2.52. The normalized spacial score (nSPS) is 23.6. The number of carbonyl (C=O) groups is 2. The molecule has 0 radical (unpaired) electrons. The molecule has 2 aromatic carbocycles. The Morgan fingerprint density at radius 3 is 2.48 bits per heavy atom. The summed E-state index contributed by atoms with van der Waals surface area (Å²) in [6.07, 6.45) is 3.76. The quantitative estimate of drug-likeness (QED) is 0.710. The van der Waals surface area contributed by atoms with Crippen LogP contribution in [0, 0.1) is 0 Å². The van der Waals surface area contributed by atoms with Crippen molar-refractivity contribution in [1.29, 1.82) is 0 Å². The van der Waals surface area contributed by atoms with Gasteiger partial charge in [0, 0.05) is 31.2 Å². The summed E-state index contributed by atoms with van der Waals surface area (Å²) >= 11 is 0. The highest BCUT2D eigenvalue weighted by Crippen LogP contribution is 2.38. The molecular weight excluding hydrogens is 414 g/mol. The summed E-state index contributed by atoms with van der Waals surface area (Å²) < 4.78 is 0. The van der Waals surface area contributed by atoms with E-state index < -0.39 is 5.60 Å². The molecule has 0 aromatic heterocycles. The van der Waals surface area contributed by atoms with Crippen LogP contribution in [0.2, 0.25) is 0 Å². The van der Waals surface area contributed by atoms with Crippen molar-refractivity contribution in [2.24, 2.45) is 0 Å². The monoisotopic (exact) mass is 445 g/mol. The molecule has 0 spiro atoms. The molecule has 2 N–H and O–H groups in total. The minimum absolute atomic E-state index is 0.0466. The molecule has 5 rings (SSSR count). The Balaban J connectivity index is 1.31. The molecule has 6 heteroatoms. The number of piperazine rings is 1. The van der Waals surface area contributed by atoms with Crippen molar-refractivity contribution in [3.8, 4) is 11.1 Å². The first kappa shape index (κ1) is 21.9. The zero-order valence-electron chi connectivity index (χ0n) is 19.1. The van der Waals surface area contributed by atoms with Crippen molar-refractivity contribution in [2.75, 3.05) is 19.6 Å². The van der Waals surface area contributed by atoms with Gasteiger partial charge in [-0.2, -0.15) is 0 Å². The molecular formula is C27H31N3O3. The number of hydrogen-bond donors (Lipinski definition) is 2. The molecule has 2 amide bonds. The van der Waals surface area contributed by atoms with Gasteiger partial charge in [0.25, 0.3) is 11.8 Å². The number of hydrogen-bond acceptors (Lipinski definition) is 4. The SMILES string of the molecule is C=C[C@H]1CN(C(=O)c2ccc(-c3ccc4c(c3)CCNC4)cc2)[C@H](C)CN1C(=O)C1(O)CC1. The van der Waals surface area contributed by atoms with E-state index in [9.17, 15) is 14.7 Å². The average molecular weight is 446 g/mol. The number of rotatable bonds is 4. The van der Waals surface area contributed by atoms with Crippen LogP contribution in [0.4, 0.5) is 0 Å². The summed E-state index contributed by atoms with van der Waals surface area (Å²) in [6, 6.07) is 13.9. The van der Waals surface area contributed by atoms with Gasteiger partial charge in [-0.05, 0) is 67.1 Å². The molecule has 172 valence electrons. The Labute approximate surface area is 194 Å². The largest absolute Gasteiger partial charge is 0.380 e. The molecule has 1 aliphatic carbocycles. The van der Waals surface area contributed by atoms with Crippen molar-refractivity contribution in [1.82, 2.24) is 15.1 Å². The lowest BCUT2D eigenvalue weighted by Crippen LogP contribution is -2.61. The summed E-state index contributed by atoms with van der Waals surface area (Å²) in [5.41, 5.74) is 4.43. The molecule has 33 heavy (non-hydrogen) atoms.